The zero-order valence-corrected chi connectivity index (χ0v) is 16.7. The lowest BCUT2D eigenvalue weighted by molar-refractivity contribution is -0.136. The van der Waals surface area contributed by atoms with Gasteiger partial charge in [-0.2, -0.15) is 9.78 Å². The second-order valence-corrected chi connectivity index (χ2v) is 6.79. The highest BCUT2D eigenvalue weighted by Gasteiger charge is 2.20. The molecule has 3 N–H and O–H groups in total. The molecule has 12 nitrogen and oxygen atoms in total. The van der Waals surface area contributed by atoms with Crippen molar-refractivity contribution in [2.24, 2.45) is 0 Å². The van der Waals surface area contributed by atoms with Gasteiger partial charge in [-0.1, -0.05) is 13.8 Å². The standard InChI is InChI=1S/C19H19N9O3/c1-11(2)12-9-15(28(27-12)19-20-6-4-7-21-19)24-18(30)17(29)22-10-14-23-16(26-25-14)13-5-3-8-31-13/h3-9,11H,10H2,1-2H3,(H,22,29)(H,24,30)(H,23,25,26). The quantitative estimate of drug-likeness (QED) is 0.395. The molecule has 4 rings (SSSR count). The van der Waals surface area contributed by atoms with Crippen molar-refractivity contribution in [3.05, 3.63) is 54.4 Å². The highest BCUT2D eigenvalue weighted by Crippen LogP contribution is 2.20. The van der Waals surface area contributed by atoms with Gasteiger partial charge in [0, 0.05) is 18.5 Å². The summed E-state index contributed by atoms with van der Waals surface area (Å²) in [6, 6.07) is 6.78. The van der Waals surface area contributed by atoms with E-state index >= 15 is 0 Å². The number of rotatable bonds is 6. The third-order valence-electron chi connectivity index (χ3n) is 4.20. The molecule has 158 valence electrons. The van der Waals surface area contributed by atoms with Gasteiger partial charge < -0.3 is 15.1 Å². The van der Waals surface area contributed by atoms with Crippen LogP contribution in [0.25, 0.3) is 17.5 Å². The number of aromatic amines is 1. The molecule has 0 unspecified atom stereocenters. The van der Waals surface area contributed by atoms with Gasteiger partial charge in [-0.15, -0.1) is 5.10 Å². The fraction of sp³-hybridized carbons (Fsp3) is 0.211. The molecule has 0 radical (unpaired) electrons. The van der Waals surface area contributed by atoms with Crippen molar-refractivity contribution in [3.63, 3.8) is 0 Å². The van der Waals surface area contributed by atoms with Gasteiger partial charge in [0.1, 0.15) is 11.6 Å². The molecule has 0 saturated heterocycles. The van der Waals surface area contributed by atoms with Crippen LogP contribution in [0.2, 0.25) is 0 Å². The van der Waals surface area contributed by atoms with Gasteiger partial charge in [-0.25, -0.2) is 15.0 Å². The summed E-state index contributed by atoms with van der Waals surface area (Å²) in [6.45, 7) is 3.91. The number of aromatic nitrogens is 7. The van der Waals surface area contributed by atoms with Crippen LogP contribution in [0.3, 0.4) is 0 Å². The Morgan fingerprint density at radius 3 is 2.71 bits per heavy atom. The van der Waals surface area contributed by atoms with Crippen LogP contribution in [-0.4, -0.2) is 46.7 Å². The Balaban J connectivity index is 1.43. The first-order chi connectivity index (χ1) is 15.0. The van der Waals surface area contributed by atoms with Crippen molar-refractivity contribution >= 4 is 17.6 Å². The number of nitrogens with zero attached hydrogens (tertiary/aromatic N) is 6. The molecule has 2 amide bonds. The van der Waals surface area contributed by atoms with Crippen LogP contribution in [0.4, 0.5) is 5.82 Å². The van der Waals surface area contributed by atoms with E-state index in [1.807, 2.05) is 13.8 Å². The number of furan rings is 1. The van der Waals surface area contributed by atoms with E-state index in [2.05, 4.69) is 40.9 Å². The zero-order valence-electron chi connectivity index (χ0n) is 16.7. The molecule has 0 spiro atoms. The number of hydrogen-bond donors (Lipinski definition) is 3. The van der Waals surface area contributed by atoms with Gasteiger partial charge in [0.2, 0.25) is 5.82 Å². The molecule has 0 bridgehead atoms. The summed E-state index contributed by atoms with van der Waals surface area (Å²) in [5.74, 6) is 0.172. The summed E-state index contributed by atoms with van der Waals surface area (Å²) in [7, 11) is 0. The molecular weight excluding hydrogens is 402 g/mol. The van der Waals surface area contributed by atoms with Gasteiger partial charge >= 0.3 is 11.8 Å². The molecule has 0 aromatic carbocycles. The van der Waals surface area contributed by atoms with Crippen LogP contribution in [0.5, 0.6) is 0 Å². The zero-order chi connectivity index (χ0) is 21.8. The Morgan fingerprint density at radius 2 is 2.00 bits per heavy atom. The minimum Gasteiger partial charge on any atom is -0.461 e. The molecule has 4 heterocycles. The van der Waals surface area contributed by atoms with Crippen LogP contribution in [0, 0.1) is 0 Å². The molecule has 0 aliphatic rings. The number of carbonyl (C=O) groups is 2. The van der Waals surface area contributed by atoms with Gasteiger partial charge in [-0.3, -0.25) is 14.7 Å². The van der Waals surface area contributed by atoms with E-state index in [9.17, 15) is 9.59 Å². The molecule has 0 fully saturated rings. The number of carbonyl (C=O) groups excluding carboxylic acids is 2. The van der Waals surface area contributed by atoms with E-state index in [4.69, 9.17) is 4.42 Å². The van der Waals surface area contributed by atoms with Gasteiger partial charge in [0.05, 0.1) is 18.5 Å². The Labute approximate surface area is 176 Å². The minimum absolute atomic E-state index is 0.0156. The summed E-state index contributed by atoms with van der Waals surface area (Å²) < 4.78 is 6.60. The predicted octanol–water partition coefficient (Wildman–Crippen LogP) is 1.42. The summed E-state index contributed by atoms with van der Waals surface area (Å²) in [6.07, 6.45) is 4.63. The van der Waals surface area contributed by atoms with Crippen LogP contribution in [-0.2, 0) is 16.1 Å². The van der Waals surface area contributed by atoms with Gasteiger partial charge in [0.25, 0.3) is 5.95 Å². The van der Waals surface area contributed by atoms with Crippen LogP contribution in [0.15, 0.2) is 47.3 Å². The van der Waals surface area contributed by atoms with Crippen LogP contribution >= 0.6 is 0 Å². The van der Waals surface area contributed by atoms with Crippen molar-refractivity contribution < 1.29 is 14.0 Å². The molecule has 0 saturated carbocycles. The van der Waals surface area contributed by atoms with Gasteiger partial charge in [0.15, 0.2) is 5.76 Å². The minimum atomic E-state index is -0.863. The maximum absolute atomic E-state index is 12.4. The third-order valence-corrected chi connectivity index (χ3v) is 4.20. The van der Waals surface area contributed by atoms with E-state index in [-0.39, 0.29) is 24.2 Å². The van der Waals surface area contributed by atoms with E-state index in [1.165, 1.54) is 10.9 Å². The second kappa shape index (κ2) is 8.57. The molecular formula is C19H19N9O3. The number of anilines is 1. The molecule has 4 aromatic rings. The van der Waals surface area contributed by atoms with Crippen molar-refractivity contribution in [2.75, 3.05) is 5.32 Å². The SMILES string of the molecule is CC(C)c1cc(NC(=O)C(=O)NCc2nc(-c3ccco3)n[nH]2)n(-c2ncccn2)n1. The Hall–Kier alpha value is -4.35. The average molecular weight is 421 g/mol. The van der Waals surface area contributed by atoms with E-state index in [1.54, 1.807) is 36.7 Å². The van der Waals surface area contributed by atoms with Gasteiger partial charge in [-0.05, 0) is 24.1 Å². The molecule has 31 heavy (non-hydrogen) atoms. The van der Waals surface area contributed by atoms with E-state index < -0.39 is 11.8 Å². The average Bonchev–Trinajstić information content (AvgIpc) is 3.52. The van der Waals surface area contributed by atoms with Crippen molar-refractivity contribution in [1.29, 1.82) is 0 Å². The summed E-state index contributed by atoms with van der Waals surface area (Å²) >= 11 is 0. The predicted molar refractivity (Wildman–Crippen MR) is 108 cm³/mol. The number of hydrogen-bond acceptors (Lipinski definition) is 8. The second-order valence-electron chi connectivity index (χ2n) is 6.79. The molecule has 4 aromatic heterocycles. The Bertz CT molecular complexity index is 1180. The number of H-pyrrole nitrogens is 1. The lowest BCUT2D eigenvalue weighted by atomic mass is 10.1. The Morgan fingerprint density at radius 1 is 1.19 bits per heavy atom. The fourth-order valence-electron chi connectivity index (χ4n) is 2.63. The van der Waals surface area contributed by atoms with E-state index in [0.29, 0.717) is 17.4 Å². The smallest absolute Gasteiger partial charge is 0.314 e. The number of nitrogens with one attached hydrogen (secondary N) is 3. The fourth-order valence-corrected chi connectivity index (χ4v) is 2.63. The molecule has 0 atom stereocenters. The van der Waals surface area contributed by atoms with Crippen molar-refractivity contribution in [3.8, 4) is 17.5 Å². The molecule has 12 heteroatoms. The highest BCUT2D eigenvalue weighted by atomic mass is 16.3. The third kappa shape index (κ3) is 4.47. The first-order valence-electron chi connectivity index (χ1n) is 9.43. The monoisotopic (exact) mass is 421 g/mol. The summed E-state index contributed by atoms with van der Waals surface area (Å²) in [5.41, 5.74) is 0.718. The first-order valence-corrected chi connectivity index (χ1v) is 9.43. The number of amides is 2. The summed E-state index contributed by atoms with van der Waals surface area (Å²) in [5, 5.41) is 16.2. The highest BCUT2D eigenvalue weighted by molar-refractivity contribution is 6.39. The topological polar surface area (TPSA) is 157 Å². The lowest BCUT2D eigenvalue weighted by Crippen LogP contribution is -2.35. The largest absolute Gasteiger partial charge is 0.461 e. The summed E-state index contributed by atoms with van der Waals surface area (Å²) in [4.78, 5) is 37.2. The maximum Gasteiger partial charge on any atom is 0.314 e. The molecule has 0 aliphatic heterocycles. The maximum atomic E-state index is 12.4. The van der Waals surface area contributed by atoms with Crippen LogP contribution < -0.4 is 10.6 Å². The normalized spacial score (nSPS) is 10.9. The van der Waals surface area contributed by atoms with Crippen molar-refractivity contribution in [2.45, 2.75) is 26.3 Å². The first kappa shape index (κ1) is 19.9. The van der Waals surface area contributed by atoms with Crippen LogP contribution in [0.1, 0.15) is 31.3 Å². The lowest BCUT2D eigenvalue weighted by Gasteiger charge is -2.07. The molecule has 0 aliphatic carbocycles. The Kier molecular flexibility index (Phi) is 5.51. The van der Waals surface area contributed by atoms with E-state index in [0.717, 1.165) is 5.69 Å². The van der Waals surface area contributed by atoms with Crippen molar-refractivity contribution in [1.82, 2.24) is 40.2 Å².